The predicted octanol–water partition coefficient (Wildman–Crippen LogP) is 5.66. The van der Waals surface area contributed by atoms with Gasteiger partial charge in [-0.05, 0) is 51.1 Å². The molecule has 0 saturated carbocycles. The molecule has 2 aromatic carbocycles. The molecule has 0 bridgehead atoms. The average molecular weight is 520 g/mol. The maximum atomic E-state index is 11.9. The fraction of sp³-hybridized carbons (Fsp3) is 0.333. The van der Waals surface area contributed by atoms with Crippen LogP contribution in [0.15, 0.2) is 42.7 Å². The minimum atomic E-state index is -0.353. The first-order chi connectivity index (χ1) is 17.7. The molecule has 192 valence electrons. The van der Waals surface area contributed by atoms with Crippen molar-refractivity contribution < 1.29 is 4.92 Å². The lowest BCUT2D eigenvalue weighted by atomic mass is 10.0. The molecule has 5 rings (SSSR count). The third-order valence-corrected chi connectivity index (χ3v) is 7.16. The number of likely N-dealkylation sites (N-methyl/N-ethyl adjacent to an activating group) is 2. The van der Waals surface area contributed by atoms with Gasteiger partial charge in [0.15, 0.2) is 0 Å². The van der Waals surface area contributed by atoms with Gasteiger partial charge in [-0.1, -0.05) is 29.8 Å². The highest BCUT2D eigenvalue weighted by molar-refractivity contribution is 6.33. The highest BCUT2D eigenvalue weighted by atomic mass is 35.5. The van der Waals surface area contributed by atoms with Crippen LogP contribution in [0.5, 0.6) is 0 Å². The number of hydrogen-bond donors (Lipinski definition) is 1. The molecule has 9 nitrogen and oxygen atoms in total. The van der Waals surface area contributed by atoms with E-state index in [0.717, 1.165) is 42.4 Å². The number of nitrogens with zero attached hydrogens (tertiary/aromatic N) is 6. The molecule has 0 spiro atoms. The quantitative estimate of drug-likeness (QED) is 0.237. The van der Waals surface area contributed by atoms with Crippen molar-refractivity contribution in [2.75, 3.05) is 44.4 Å². The lowest BCUT2D eigenvalue weighted by molar-refractivity contribution is -0.384. The molecule has 3 heterocycles. The van der Waals surface area contributed by atoms with Crippen LogP contribution in [0.4, 0.5) is 23.0 Å². The average Bonchev–Trinajstić information content (AvgIpc) is 3.25. The number of para-hydroxylation sites is 1. The van der Waals surface area contributed by atoms with Crippen LogP contribution in [0.25, 0.3) is 22.2 Å². The number of nitro benzene ring substituents is 1. The van der Waals surface area contributed by atoms with Crippen molar-refractivity contribution in [2.45, 2.75) is 26.3 Å². The normalized spacial score (nSPS) is 12.8. The van der Waals surface area contributed by atoms with E-state index in [1.807, 2.05) is 43.9 Å². The number of aromatic nitrogens is 3. The van der Waals surface area contributed by atoms with Gasteiger partial charge in [0.1, 0.15) is 5.69 Å². The number of rotatable bonds is 8. The number of hydrogen-bond acceptors (Lipinski definition) is 7. The first-order valence-electron chi connectivity index (χ1n) is 12.3. The Balaban J connectivity index is 1.51. The van der Waals surface area contributed by atoms with Crippen LogP contribution in [0, 0.1) is 17.0 Å². The van der Waals surface area contributed by atoms with E-state index < -0.39 is 0 Å². The van der Waals surface area contributed by atoms with Gasteiger partial charge in [-0.25, -0.2) is 9.97 Å². The minimum absolute atomic E-state index is 0.0255. The molecular weight excluding hydrogens is 490 g/mol. The lowest BCUT2D eigenvalue weighted by Crippen LogP contribution is -2.29. The van der Waals surface area contributed by atoms with Gasteiger partial charge in [-0.2, -0.15) is 0 Å². The summed E-state index contributed by atoms with van der Waals surface area (Å²) in [5, 5.41) is 16.7. The smallest absolute Gasteiger partial charge is 0.294 e. The van der Waals surface area contributed by atoms with Gasteiger partial charge >= 0.3 is 0 Å². The van der Waals surface area contributed by atoms with Crippen molar-refractivity contribution in [1.29, 1.82) is 0 Å². The Morgan fingerprint density at radius 2 is 2.03 bits per heavy atom. The van der Waals surface area contributed by atoms with E-state index in [1.54, 1.807) is 12.3 Å². The molecule has 2 aromatic heterocycles. The monoisotopic (exact) mass is 519 g/mol. The second-order valence-electron chi connectivity index (χ2n) is 9.81. The Morgan fingerprint density at radius 3 is 2.78 bits per heavy atom. The molecule has 1 aliphatic heterocycles. The summed E-state index contributed by atoms with van der Waals surface area (Å²) in [6, 6.07) is 9.73. The molecule has 37 heavy (non-hydrogen) atoms. The number of nitrogens with one attached hydrogen (secondary N) is 1. The topological polar surface area (TPSA) is 92.4 Å². The largest absolute Gasteiger partial charge is 0.368 e. The highest BCUT2D eigenvalue weighted by Crippen LogP contribution is 2.38. The van der Waals surface area contributed by atoms with Crippen molar-refractivity contribution in [3.63, 3.8) is 0 Å². The summed E-state index contributed by atoms with van der Waals surface area (Å²) in [5.74, 6) is 0.331. The van der Waals surface area contributed by atoms with Crippen molar-refractivity contribution in [1.82, 2.24) is 19.4 Å². The number of halogens is 1. The zero-order valence-electron chi connectivity index (χ0n) is 21.5. The van der Waals surface area contributed by atoms with Gasteiger partial charge in [0.05, 0.1) is 33.0 Å². The van der Waals surface area contributed by atoms with E-state index in [1.165, 1.54) is 11.1 Å². The van der Waals surface area contributed by atoms with Crippen LogP contribution in [0.3, 0.4) is 0 Å². The SMILES string of the molecule is Cc1cc(N(C)CCN(C)C)c([N+](=O)[O-])cc1Nc1ncc(Cl)c(-c2cn3c4c(cccc24)CCC3)n1. The van der Waals surface area contributed by atoms with Gasteiger partial charge in [0.2, 0.25) is 5.95 Å². The van der Waals surface area contributed by atoms with Crippen molar-refractivity contribution in [3.8, 4) is 11.3 Å². The summed E-state index contributed by atoms with van der Waals surface area (Å²) >= 11 is 6.59. The molecule has 0 amide bonds. The van der Waals surface area contributed by atoms with Crippen molar-refractivity contribution in [3.05, 3.63) is 69.0 Å². The van der Waals surface area contributed by atoms with E-state index in [9.17, 15) is 10.1 Å². The Labute approximate surface area is 220 Å². The number of anilines is 3. The summed E-state index contributed by atoms with van der Waals surface area (Å²) in [6.45, 7) is 4.32. The minimum Gasteiger partial charge on any atom is -0.368 e. The van der Waals surface area contributed by atoms with Gasteiger partial charge in [-0.15, -0.1) is 0 Å². The predicted molar refractivity (Wildman–Crippen MR) is 149 cm³/mol. The fourth-order valence-electron chi connectivity index (χ4n) is 4.92. The van der Waals surface area contributed by atoms with E-state index in [4.69, 9.17) is 16.6 Å². The van der Waals surface area contributed by atoms with E-state index in [0.29, 0.717) is 34.6 Å². The zero-order chi connectivity index (χ0) is 26.3. The van der Waals surface area contributed by atoms with E-state index >= 15 is 0 Å². The molecule has 0 aliphatic carbocycles. The van der Waals surface area contributed by atoms with Crippen LogP contribution >= 0.6 is 11.6 Å². The maximum absolute atomic E-state index is 11.9. The Bertz CT molecular complexity index is 1500. The Morgan fingerprint density at radius 1 is 1.22 bits per heavy atom. The van der Waals surface area contributed by atoms with Crippen molar-refractivity contribution in [2.24, 2.45) is 0 Å². The molecule has 1 N–H and O–H groups in total. The van der Waals surface area contributed by atoms with Crippen molar-refractivity contribution >= 4 is 45.5 Å². The van der Waals surface area contributed by atoms with E-state index in [-0.39, 0.29) is 10.6 Å². The third kappa shape index (κ3) is 4.84. The van der Waals surface area contributed by atoms with Crippen LogP contribution in [-0.4, -0.2) is 58.6 Å². The third-order valence-electron chi connectivity index (χ3n) is 6.88. The molecule has 4 aromatic rings. The van der Waals surface area contributed by atoms with Crippen LogP contribution in [0.1, 0.15) is 17.5 Å². The molecule has 0 saturated heterocycles. The van der Waals surface area contributed by atoms with Gasteiger partial charge in [-0.3, -0.25) is 10.1 Å². The fourth-order valence-corrected chi connectivity index (χ4v) is 5.11. The molecular formula is C27H30ClN7O2. The number of nitro groups is 1. The standard InChI is InChI=1S/C27H30ClN7O2/c1-17-13-23(33(4)12-11-32(2)3)24(35(36)37)14-22(17)30-27-29-15-21(28)25(31-27)20-16-34-10-6-8-18-7-5-9-19(20)26(18)34/h5,7,9,13-16H,6,8,10-12H2,1-4H3,(H,29,30,31). The first kappa shape index (κ1) is 25.0. The molecule has 1 aliphatic rings. The van der Waals surface area contributed by atoms with Crippen LogP contribution in [-0.2, 0) is 13.0 Å². The van der Waals surface area contributed by atoms with Gasteiger partial charge < -0.3 is 19.7 Å². The van der Waals surface area contributed by atoms with Gasteiger partial charge in [0.25, 0.3) is 5.69 Å². The summed E-state index contributed by atoms with van der Waals surface area (Å²) in [6.07, 6.45) is 5.85. The molecule has 0 unspecified atom stereocenters. The maximum Gasteiger partial charge on any atom is 0.294 e. The van der Waals surface area contributed by atoms with Crippen LogP contribution in [0.2, 0.25) is 5.02 Å². The van der Waals surface area contributed by atoms with Gasteiger partial charge in [0, 0.05) is 49.9 Å². The molecule has 0 atom stereocenters. The molecule has 0 fully saturated rings. The Kier molecular flexibility index (Phi) is 6.74. The van der Waals surface area contributed by atoms with Crippen LogP contribution < -0.4 is 10.2 Å². The second kappa shape index (κ2) is 9.99. The number of aryl methyl sites for hydroxylation is 3. The summed E-state index contributed by atoms with van der Waals surface area (Å²) in [7, 11) is 5.82. The molecule has 10 heteroatoms. The summed E-state index contributed by atoms with van der Waals surface area (Å²) in [5.41, 5.74) is 6.17. The zero-order valence-corrected chi connectivity index (χ0v) is 22.2. The first-order valence-corrected chi connectivity index (χ1v) is 12.7. The summed E-state index contributed by atoms with van der Waals surface area (Å²) in [4.78, 5) is 24.7. The summed E-state index contributed by atoms with van der Waals surface area (Å²) < 4.78 is 2.27. The van der Waals surface area contributed by atoms with E-state index in [2.05, 4.69) is 39.3 Å². The number of benzene rings is 2. The lowest BCUT2D eigenvalue weighted by Gasteiger charge is -2.22. The second-order valence-corrected chi connectivity index (χ2v) is 10.2. The molecule has 0 radical (unpaired) electrons. The Hall–Kier alpha value is -3.69. The highest BCUT2D eigenvalue weighted by Gasteiger charge is 2.22.